The van der Waals surface area contributed by atoms with Gasteiger partial charge in [-0.15, -0.1) is 0 Å². The number of nitrogens with one attached hydrogen (secondary N) is 2. The topological polar surface area (TPSA) is 111 Å². The van der Waals surface area contributed by atoms with Gasteiger partial charge in [0.2, 0.25) is 15.9 Å². The highest BCUT2D eigenvalue weighted by Crippen LogP contribution is 2.25. The van der Waals surface area contributed by atoms with E-state index in [1.54, 1.807) is 0 Å². The molecular weight excluding hydrogens is 369 g/mol. The standard InChI is InChI=1S/C11H15BrFN3O4S/c1-20-3-2-15-11(17)6-16-21(18,19)10-5-9(14)7(12)4-8(10)13/h4-5,16H,2-3,6,14H2,1H3,(H,15,17). The van der Waals surface area contributed by atoms with E-state index in [2.05, 4.69) is 21.2 Å². The number of nitrogen functional groups attached to an aromatic ring is 1. The fourth-order valence-electron chi connectivity index (χ4n) is 1.34. The van der Waals surface area contributed by atoms with Gasteiger partial charge in [0, 0.05) is 23.8 Å². The largest absolute Gasteiger partial charge is 0.398 e. The van der Waals surface area contributed by atoms with Crippen molar-refractivity contribution in [1.29, 1.82) is 0 Å². The SMILES string of the molecule is COCCNC(=O)CNS(=O)(=O)c1cc(N)c(Br)cc1F. The molecule has 0 aliphatic heterocycles. The molecule has 1 rings (SSSR count). The molecule has 0 unspecified atom stereocenters. The smallest absolute Gasteiger partial charge is 0.244 e. The molecule has 0 radical (unpaired) electrons. The van der Waals surface area contributed by atoms with Crippen molar-refractivity contribution in [3.8, 4) is 0 Å². The Hall–Kier alpha value is -1.23. The minimum Gasteiger partial charge on any atom is -0.398 e. The molecule has 0 saturated heterocycles. The molecule has 21 heavy (non-hydrogen) atoms. The normalized spacial score (nSPS) is 11.4. The van der Waals surface area contributed by atoms with Crippen LogP contribution in [0.4, 0.5) is 10.1 Å². The summed E-state index contributed by atoms with van der Waals surface area (Å²) in [6, 6.07) is 1.92. The number of nitrogens with two attached hydrogens (primary N) is 1. The van der Waals surface area contributed by atoms with Gasteiger partial charge in [-0.2, -0.15) is 0 Å². The van der Waals surface area contributed by atoms with Crippen molar-refractivity contribution < 1.29 is 22.3 Å². The van der Waals surface area contributed by atoms with Crippen molar-refractivity contribution in [2.24, 2.45) is 0 Å². The van der Waals surface area contributed by atoms with Gasteiger partial charge in [-0.1, -0.05) is 0 Å². The second-order valence-electron chi connectivity index (χ2n) is 3.97. The molecule has 0 aromatic heterocycles. The molecule has 1 amide bonds. The Labute approximate surface area is 130 Å². The molecule has 1 aromatic carbocycles. The summed E-state index contributed by atoms with van der Waals surface area (Å²) in [5.74, 6) is -1.52. The first-order chi connectivity index (χ1) is 9.77. The van der Waals surface area contributed by atoms with Crippen LogP contribution in [0, 0.1) is 5.82 Å². The van der Waals surface area contributed by atoms with Gasteiger partial charge < -0.3 is 15.8 Å². The third-order valence-corrected chi connectivity index (χ3v) is 4.49. The van der Waals surface area contributed by atoms with Gasteiger partial charge in [0.15, 0.2) is 0 Å². The molecule has 0 aliphatic carbocycles. The Morgan fingerprint density at radius 1 is 1.48 bits per heavy atom. The van der Waals surface area contributed by atoms with Gasteiger partial charge in [0.05, 0.1) is 13.2 Å². The number of hydrogen-bond donors (Lipinski definition) is 3. The summed E-state index contributed by atoms with van der Waals surface area (Å²) in [5, 5.41) is 2.43. The summed E-state index contributed by atoms with van der Waals surface area (Å²) in [5.41, 5.74) is 5.59. The predicted molar refractivity (Wildman–Crippen MR) is 78.6 cm³/mol. The third-order valence-electron chi connectivity index (χ3n) is 2.39. The zero-order chi connectivity index (χ0) is 16.0. The van der Waals surface area contributed by atoms with E-state index in [1.807, 2.05) is 4.72 Å². The van der Waals surface area contributed by atoms with Crippen molar-refractivity contribution >= 4 is 37.5 Å². The lowest BCUT2D eigenvalue weighted by Crippen LogP contribution is -2.38. The summed E-state index contributed by atoms with van der Waals surface area (Å²) in [6.45, 7) is 0.0362. The number of ether oxygens (including phenoxy) is 1. The van der Waals surface area contributed by atoms with E-state index < -0.39 is 33.2 Å². The third kappa shape index (κ3) is 5.23. The number of anilines is 1. The summed E-state index contributed by atoms with van der Waals surface area (Å²) in [7, 11) is -2.71. The van der Waals surface area contributed by atoms with E-state index >= 15 is 0 Å². The maximum atomic E-state index is 13.7. The maximum Gasteiger partial charge on any atom is 0.244 e. The van der Waals surface area contributed by atoms with Crippen molar-refractivity contribution in [3.05, 3.63) is 22.4 Å². The first-order valence-electron chi connectivity index (χ1n) is 5.77. The van der Waals surface area contributed by atoms with E-state index in [1.165, 1.54) is 7.11 Å². The molecule has 0 spiro atoms. The molecule has 1 aromatic rings. The highest BCUT2D eigenvalue weighted by atomic mass is 79.9. The first-order valence-corrected chi connectivity index (χ1v) is 8.05. The van der Waals surface area contributed by atoms with Crippen LogP contribution in [0.5, 0.6) is 0 Å². The number of methoxy groups -OCH3 is 1. The number of carbonyl (C=O) groups excluding carboxylic acids is 1. The Morgan fingerprint density at radius 2 is 2.14 bits per heavy atom. The summed E-state index contributed by atoms with van der Waals surface area (Å²) in [4.78, 5) is 10.8. The average Bonchev–Trinajstić information content (AvgIpc) is 2.41. The number of amides is 1. The van der Waals surface area contributed by atoms with Crippen LogP contribution in [0.25, 0.3) is 0 Å². The lowest BCUT2D eigenvalue weighted by atomic mass is 10.3. The molecule has 0 fully saturated rings. The zero-order valence-corrected chi connectivity index (χ0v) is 13.6. The van der Waals surface area contributed by atoms with Gasteiger partial charge in [0.25, 0.3) is 0 Å². The van der Waals surface area contributed by atoms with Crippen LogP contribution in [0.1, 0.15) is 0 Å². The first kappa shape index (κ1) is 17.8. The van der Waals surface area contributed by atoms with E-state index in [4.69, 9.17) is 10.5 Å². The molecule has 0 aliphatic rings. The Kier molecular flexibility index (Phi) is 6.52. The summed E-state index contributed by atoms with van der Waals surface area (Å²) < 4.78 is 44.5. The van der Waals surface area contributed by atoms with Crippen LogP contribution >= 0.6 is 15.9 Å². The monoisotopic (exact) mass is 383 g/mol. The van der Waals surface area contributed by atoms with Gasteiger partial charge in [-0.05, 0) is 28.1 Å². The average molecular weight is 384 g/mol. The summed E-state index contributed by atoms with van der Waals surface area (Å²) in [6.07, 6.45) is 0. The molecule has 7 nitrogen and oxygen atoms in total. The van der Waals surface area contributed by atoms with E-state index in [9.17, 15) is 17.6 Å². The Bertz CT molecular complexity index is 624. The number of carbonyl (C=O) groups is 1. The summed E-state index contributed by atoms with van der Waals surface area (Å²) >= 11 is 2.99. The highest BCUT2D eigenvalue weighted by molar-refractivity contribution is 9.10. The Morgan fingerprint density at radius 3 is 2.76 bits per heavy atom. The number of halogens is 2. The fourth-order valence-corrected chi connectivity index (χ4v) is 2.73. The minimum absolute atomic E-state index is 0.0707. The van der Waals surface area contributed by atoms with Crippen molar-refractivity contribution in [2.45, 2.75) is 4.90 Å². The van der Waals surface area contributed by atoms with Crippen molar-refractivity contribution in [3.63, 3.8) is 0 Å². The fraction of sp³-hybridized carbons (Fsp3) is 0.364. The number of sulfonamides is 1. The Balaban J connectivity index is 2.74. The minimum atomic E-state index is -4.17. The van der Waals surface area contributed by atoms with Crippen LogP contribution in [0.3, 0.4) is 0 Å². The van der Waals surface area contributed by atoms with Gasteiger partial charge in [-0.3, -0.25) is 4.79 Å². The molecule has 0 saturated carbocycles. The molecule has 0 bridgehead atoms. The lowest BCUT2D eigenvalue weighted by molar-refractivity contribution is -0.120. The molecule has 0 heterocycles. The van der Waals surface area contributed by atoms with Gasteiger partial charge in [0.1, 0.15) is 10.7 Å². The molecule has 4 N–H and O–H groups in total. The van der Waals surface area contributed by atoms with Gasteiger partial charge >= 0.3 is 0 Å². The van der Waals surface area contributed by atoms with E-state index in [-0.39, 0.29) is 16.7 Å². The van der Waals surface area contributed by atoms with Crippen LogP contribution in [0.15, 0.2) is 21.5 Å². The lowest BCUT2D eigenvalue weighted by Gasteiger charge is -2.09. The van der Waals surface area contributed by atoms with Crippen LogP contribution < -0.4 is 15.8 Å². The van der Waals surface area contributed by atoms with Crippen molar-refractivity contribution in [1.82, 2.24) is 10.0 Å². The van der Waals surface area contributed by atoms with Crippen LogP contribution in [-0.2, 0) is 19.6 Å². The van der Waals surface area contributed by atoms with E-state index in [0.29, 0.717) is 6.61 Å². The maximum absolute atomic E-state index is 13.7. The second kappa shape index (κ2) is 7.69. The zero-order valence-electron chi connectivity index (χ0n) is 11.2. The molecule has 118 valence electrons. The van der Waals surface area contributed by atoms with E-state index in [0.717, 1.165) is 12.1 Å². The second-order valence-corrected chi connectivity index (χ2v) is 6.56. The van der Waals surface area contributed by atoms with Gasteiger partial charge in [-0.25, -0.2) is 17.5 Å². The highest BCUT2D eigenvalue weighted by Gasteiger charge is 2.21. The quantitative estimate of drug-likeness (QED) is 0.460. The number of rotatable bonds is 7. The molecular formula is C11H15BrFN3O4S. The number of hydrogen-bond acceptors (Lipinski definition) is 5. The van der Waals surface area contributed by atoms with Crippen LogP contribution in [-0.4, -0.2) is 41.1 Å². The number of benzene rings is 1. The predicted octanol–water partition coefficient (Wildman–Crippen LogP) is 0.211. The molecule has 0 atom stereocenters. The van der Waals surface area contributed by atoms with Crippen LogP contribution in [0.2, 0.25) is 0 Å². The van der Waals surface area contributed by atoms with Crippen molar-refractivity contribution in [2.75, 3.05) is 32.5 Å². The molecule has 10 heteroatoms.